The Hall–Kier alpha value is -4.27. The van der Waals surface area contributed by atoms with Gasteiger partial charge in [-0.15, -0.1) is 0 Å². The quantitative estimate of drug-likeness (QED) is 0.0974. The molecule has 6 aromatic rings. The average Bonchev–Trinajstić information content (AvgIpc) is 3.09. The summed E-state index contributed by atoms with van der Waals surface area (Å²) in [6.45, 7) is 6.77. The van der Waals surface area contributed by atoms with Crippen molar-refractivity contribution in [2.24, 2.45) is 0 Å². The minimum Gasteiger partial charge on any atom is -0.377 e. The topological polar surface area (TPSA) is 6.48 Å². The lowest BCUT2D eigenvalue weighted by molar-refractivity contribution is 0.638. The molecule has 0 fully saturated rings. The summed E-state index contributed by atoms with van der Waals surface area (Å²) in [5.74, 6) is 0. The summed E-state index contributed by atoms with van der Waals surface area (Å²) in [4.78, 5) is 4.84. The van der Waals surface area contributed by atoms with Crippen LogP contribution in [0, 0.1) is 0 Å². The van der Waals surface area contributed by atoms with E-state index in [2.05, 4.69) is 141 Å². The highest BCUT2D eigenvalue weighted by molar-refractivity contribution is 6.45. The molecule has 0 N–H and O–H groups in total. The molecular weight excluding hydrogens is 592 g/mol. The standard InChI is InChI=1S/C44H45ClN2/c1-5-7-13-23-47(24-14-8-6-2)43-22-20-35(37-26-31-16-10-12-18-33(31)28-39(37)43)41-29-40(44(41)45)34-19-21-42(46(3)4)38-27-32-17-11-9-15-30(32)25-36(34)38/h9-12,15-22,25-29H,5-8,13-14,23-24H2,1-4H3. The number of fused-ring (bicyclic) bond motifs is 4. The van der Waals surface area contributed by atoms with Crippen molar-refractivity contribution >= 4 is 77.2 Å². The Balaban J connectivity index is 1.34. The third-order valence-corrected chi connectivity index (χ3v) is 10.4. The van der Waals surface area contributed by atoms with Crippen LogP contribution in [0.1, 0.15) is 63.5 Å². The van der Waals surface area contributed by atoms with E-state index < -0.39 is 0 Å². The molecule has 7 rings (SSSR count). The van der Waals surface area contributed by atoms with E-state index in [0.29, 0.717) is 0 Å². The maximum absolute atomic E-state index is 7.35. The molecule has 47 heavy (non-hydrogen) atoms. The molecule has 0 saturated heterocycles. The van der Waals surface area contributed by atoms with Gasteiger partial charge in [0.2, 0.25) is 0 Å². The molecule has 0 saturated carbocycles. The Morgan fingerprint density at radius 2 is 1.00 bits per heavy atom. The first-order chi connectivity index (χ1) is 23.0. The molecule has 2 nitrogen and oxygen atoms in total. The molecule has 6 aromatic carbocycles. The summed E-state index contributed by atoms with van der Waals surface area (Å²) in [6.07, 6.45) is 9.75. The van der Waals surface area contributed by atoms with Crippen LogP contribution in [0.25, 0.3) is 54.2 Å². The van der Waals surface area contributed by atoms with Gasteiger partial charge in [-0.1, -0.05) is 112 Å². The number of benzene rings is 6. The smallest absolute Gasteiger partial charge is 0.0563 e. The van der Waals surface area contributed by atoms with Crippen LogP contribution in [0.4, 0.5) is 11.4 Å². The molecule has 0 atom stereocenters. The highest BCUT2D eigenvalue weighted by Crippen LogP contribution is 2.49. The van der Waals surface area contributed by atoms with Crippen LogP contribution in [-0.4, -0.2) is 27.2 Å². The summed E-state index contributed by atoms with van der Waals surface area (Å²) in [5, 5.41) is 11.0. The number of rotatable bonds is 12. The maximum Gasteiger partial charge on any atom is 0.0563 e. The summed E-state index contributed by atoms with van der Waals surface area (Å²) >= 11 is 7.35. The Labute approximate surface area is 284 Å². The highest BCUT2D eigenvalue weighted by atomic mass is 35.5. The first kappa shape index (κ1) is 31.3. The van der Waals surface area contributed by atoms with Crippen molar-refractivity contribution in [2.45, 2.75) is 52.4 Å². The first-order valence-electron chi connectivity index (χ1n) is 17.4. The third kappa shape index (κ3) is 5.89. The van der Waals surface area contributed by atoms with Crippen molar-refractivity contribution < 1.29 is 0 Å². The van der Waals surface area contributed by atoms with Gasteiger partial charge in [0.05, 0.1) is 5.03 Å². The van der Waals surface area contributed by atoms with Crippen LogP contribution in [0.15, 0.2) is 108 Å². The van der Waals surface area contributed by atoms with Gasteiger partial charge in [0.1, 0.15) is 0 Å². The SMILES string of the molecule is CCCCCN(CCCCC)c1ccc(C2=CC(c3ccc(N(C)C)c4cc5ccccc5cc34)=C2Cl)c2cc3ccccc3cc12. The van der Waals surface area contributed by atoms with Gasteiger partial charge in [0, 0.05) is 60.5 Å². The number of hydrogen-bond acceptors (Lipinski definition) is 2. The molecule has 1 aliphatic carbocycles. The molecule has 0 amide bonds. The Morgan fingerprint density at radius 3 is 1.51 bits per heavy atom. The van der Waals surface area contributed by atoms with Crippen LogP contribution in [0.2, 0.25) is 0 Å². The van der Waals surface area contributed by atoms with E-state index in [1.165, 1.54) is 104 Å². The zero-order chi connectivity index (χ0) is 32.5. The summed E-state index contributed by atoms with van der Waals surface area (Å²) in [6, 6.07) is 36.0. The van der Waals surface area contributed by atoms with Crippen molar-refractivity contribution in [3.05, 3.63) is 119 Å². The fourth-order valence-electron chi connectivity index (χ4n) is 7.36. The molecule has 238 valence electrons. The van der Waals surface area contributed by atoms with Crippen LogP contribution in [0.5, 0.6) is 0 Å². The molecule has 0 aliphatic heterocycles. The van der Waals surface area contributed by atoms with Crippen molar-refractivity contribution in [3.63, 3.8) is 0 Å². The fraction of sp³-hybridized carbons (Fsp3) is 0.273. The molecule has 0 aromatic heterocycles. The number of allylic oxidation sites excluding steroid dienone is 4. The van der Waals surface area contributed by atoms with Crippen LogP contribution < -0.4 is 9.80 Å². The van der Waals surface area contributed by atoms with Crippen molar-refractivity contribution in [2.75, 3.05) is 37.0 Å². The van der Waals surface area contributed by atoms with Crippen LogP contribution >= 0.6 is 11.6 Å². The van der Waals surface area contributed by atoms with Gasteiger partial charge in [-0.05, 0) is 98.8 Å². The van der Waals surface area contributed by atoms with Gasteiger partial charge >= 0.3 is 0 Å². The van der Waals surface area contributed by atoms with Gasteiger partial charge in [-0.2, -0.15) is 0 Å². The van der Waals surface area contributed by atoms with E-state index in [0.717, 1.165) is 29.3 Å². The fourth-order valence-corrected chi connectivity index (χ4v) is 7.67. The molecule has 3 heteroatoms. The second kappa shape index (κ2) is 13.5. The normalized spacial score (nSPS) is 13.1. The molecular formula is C44H45ClN2. The third-order valence-electron chi connectivity index (χ3n) is 9.95. The summed E-state index contributed by atoms with van der Waals surface area (Å²) in [5.41, 5.74) is 7.21. The monoisotopic (exact) mass is 636 g/mol. The molecule has 0 unspecified atom stereocenters. The van der Waals surface area contributed by atoms with E-state index in [-0.39, 0.29) is 0 Å². The molecule has 0 spiro atoms. The Bertz CT molecular complexity index is 2160. The van der Waals surface area contributed by atoms with Gasteiger partial charge in [0.15, 0.2) is 0 Å². The second-order valence-corrected chi connectivity index (χ2v) is 13.7. The first-order valence-corrected chi connectivity index (χ1v) is 17.8. The number of halogens is 1. The van der Waals surface area contributed by atoms with Gasteiger partial charge < -0.3 is 9.80 Å². The summed E-state index contributed by atoms with van der Waals surface area (Å²) in [7, 11) is 4.23. The van der Waals surface area contributed by atoms with Gasteiger partial charge in [-0.25, -0.2) is 0 Å². The molecule has 0 bridgehead atoms. The van der Waals surface area contributed by atoms with E-state index >= 15 is 0 Å². The number of nitrogens with zero attached hydrogens (tertiary/aromatic N) is 2. The summed E-state index contributed by atoms with van der Waals surface area (Å²) < 4.78 is 0. The van der Waals surface area contributed by atoms with Crippen molar-refractivity contribution in [3.8, 4) is 0 Å². The Kier molecular flexibility index (Phi) is 8.97. The van der Waals surface area contributed by atoms with E-state index in [4.69, 9.17) is 11.6 Å². The molecule has 1 aliphatic rings. The van der Waals surface area contributed by atoms with E-state index in [1.54, 1.807) is 0 Å². The van der Waals surface area contributed by atoms with Crippen molar-refractivity contribution in [1.82, 2.24) is 0 Å². The predicted octanol–water partition coefficient (Wildman–Crippen LogP) is 12.6. The van der Waals surface area contributed by atoms with E-state index in [9.17, 15) is 0 Å². The second-order valence-electron chi connectivity index (χ2n) is 13.3. The predicted molar refractivity (Wildman–Crippen MR) is 209 cm³/mol. The number of unbranched alkanes of at least 4 members (excludes halogenated alkanes) is 4. The maximum atomic E-state index is 7.35. The van der Waals surface area contributed by atoms with Crippen molar-refractivity contribution in [1.29, 1.82) is 0 Å². The molecule has 0 radical (unpaired) electrons. The zero-order valence-electron chi connectivity index (χ0n) is 28.2. The van der Waals surface area contributed by atoms with E-state index in [1.807, 2.05) is 0 Å². The number of anilines is 2. The van der Waals surface area contributed by atoms with Gasteiger partial charge in [-0.3, -0.25) is 0 Å². The minimum atomic E-state index is 0.849. The number of hydrogen-bond donors (Lipinski definition) is 0. The lowest BCUT2D eigenvalue weighted by Crippen LogP contribution is -2.26. The zero-order valence-corrected chi connectivity index (χ0v) is 29.0. The lowest BCUT2D eigenvalue weighted by Gasteiger charge is -2.29. The minimum absolute atomic E-state index is 0.849. The lowest BCUT2D eigenvalue weighted by atomic mass is 9.83. The van der Waals surface area contributed by atoms with Crippen LogP contribution in [0.3, 0.4) is 0 Å². The average molecular weight is 637 g/mol. The van der Waals surface area contributed by atoms with Gasteiger partial charge in [0.25, 0.3) is 0 Å². The highest BCUT2D eigenvalue weighted by Gasteiger charge is 2.26. The largest absolute Gasteiger partial charge is 0.377 e. The van der Waals surface area contributed by atoms with Crippen LogP contribution in [-0.2, 0) is 0 Å². The Morgan fingerprint density at radius 1 is 0.532 bits per heavy atom. The molecule has 0 heterocycles.